The summed E-state index contributed by atoms with van der Waals surface area (Å²) in [5.41, 5.74) is 3.83. The number of morpholine rings is 1. The van der Waals surface area contributed by atoms with Gasteiger partial charge in [-0.2, -0.15) is 0 Å². The summed E-state index contributed by atoms with van der Waals surface area (Å²) in [7, 11) is 0. The molecule has 1 saturated heterocycles. The lowest BCUT2D eigenvalue weighted by molar-refractivity contribution is -0.00835. The highest BCUT2D eigenvalue weighted by atomic mass is 127. The summed E-state index contributed by atoms with van der Waals surface area (Å²) in [5, 5.41) is 12.1. The maximum absolute atomic E-state index is 6.10. The van der Waals surface area contributed by atoms with E-state index in [0.717, 1.165) is 56.6 Å². The van der Waals surface area contributed by atoms with E-state index in [4.69, 9.17) is 9.73 Å². The fraction of sp³-hybridized carbons (Fsp3) is 0.571. The van der Waals surface area contributed by atoms with Crippen LogP contribution < -0.4 is 5.32 Å². The van der Waals surface area contributed by atoms with Crippen LogP contribution >= 0.6 is 24.0 Å². The lowest BCUT2D eigenvalue weighted by Gasteiger charge is -2.36. The minimum Gasteiger partial charge on any atom is -0.370 e. The first kappa shape index (κ1) is 22.0. The van der Waals surface area contributed by atoms with Gasteiger partial charge in [-0.05, 0) is 38.3 Å². The number of nitrogens with one attached hydrogen (secondary N) is 1. The molecular weight excluding hydrogens is 479 g/mol. The molecule has 2 aromatic rings. The summed E-state index contributed by atoms with van der Waals surface area (Å²) in [4.78, 5) is 7.18. The van der Waals surface area contributed by atoms with Crippen LogP contribution in [0.5, 0.6) is 0 Å². The first-order valence-corrected chi connectivity index (χ1v) is 10.3. The van der Waals surface area contributed by atoms with Gasteiger partial charge in [-0.1, -0.05) is 23.8 Å². The van der Waals surface area contributed by atoms with Crippen LogP contribution in [-0.2, 0) is 24.2 Å². The lowest BCUT2D eigenvalue weighted by Crippen LogP contribution is -2.48. The number of ether oxygens (including phenoxy) is 1. The molecule has 1 aromatic heterocycles. The Morgan fingerprint density at radius 3 is 2.93 bits per heavy atom. The molecule has 1 atom stereocenters. The first-order chi connectivity index (χ1) is 13.7. The van der Waals surface area contributed by atoms with E-state index in [9.17, 15) is 0 Å². The normalized spacial score (nSPS) is 19.1. The maximum atomic E-state index is 6.10. The van der Waals surface area contributed by atoms with Crippen LogP contribution in [0.2, 0.25) is 0 Å². The number of hydrogen-bond donors (Lipinski definition) is 1. The third-order valence-electron chi connectivity index (χ3n) is 5.53. The van der Waals surface area contributed by atoms with E-state index in [-0.39, 0.29) is 30.1 Å². The van der Waals surface area contributed by atoms with Gasteiger partial charge in [-0.15, -0.1) is 34.2 Å². The Balaban J connectivity index is 0.00000240. The fourth-order valence-electron chi connectivity index (χ4n) is 4.12. The highest BCUT2D eigenvalue weighted by molar-refractivity contribution is 14.0. The molecule has 1 N–H and O–H groups in total. The Kier molecular flexibility index (Phi) is 7.50. The predicted molar refractivity (Wildman–Crippen MR) is 125 cm³/mol. The van der Waals surface area contributed by atoms with Gasteiger partial charge in [0.2, 0.25) is 0 Å². The van der Waals surface area contributed by atoms with Gasteiger partial charge in [-0.3, -0.25) is 0 Å². The van der Waals surface area contributed by atoms with Crippen molar-refractivity contribution in [2.75, 3.05) is 26.2 Å². The van der Waals surface area contributed by atoms with Gasteiger partial charge < -0.3 is 19.5 Å². The topological polar surface area (TPSA) is 67.6 Å². The van der Waals surface area contributed by atoms with E-state index in [2.05, 4.69) is 64.0 Å². The van der Waals surface area contributed by atoms with Gasteiger partial charge in [0.05, 0.1) is 13.2 Å². The van der Waals surface area contributed by atoms with Gasteiger partial charge >= 0.3 is 0 Å². The number of nitrogens with zero attached hydrogens (tertiary/aromatic N) is 5. The average molecular weight is 510 g/mol. The molecule has 0 radical (unpaired) electrons. The van der Waals surface area contributed by atoms with Crippen molar-refractivity contribution >= 4 is 29.9 Å². The number of guanidine groups is 1. The van der Waals surface area contributed by atoms with Crippen molar-refractivity contribution in [3.8, 4) is 0 Å². The third kappa shape index (κ3) is 4.91. The van der Waals surface area contributed by atoms with E-state index in [1.54, 1.807) is 0 Å². The number of halogens is 1. The maximum Gasteiger partial charge on any atom is 0.194 e. The standard InChI is InChI=1S/C21H30N6O.HI/c1-4-22-21(23-13-20-25-24-19-6-5-9-27(19)20)26-10-11-28-18(14-26)17-8-7-15(2)12-16(17)3;/h7-8,12,18H,4-6,9-11,13-14H2,1-3H3,(H,22,23);1H. The first-order valence-electron chi connectivity index (χ1n) is 10.3. The SMILES string of the molecule is CCNC(=NCc1nnc2n1CCC2)N1CCOC(c2ccc(C)cc2C)C1.I. The molecule has 0 spiro atoms. The summed E-state index contributed by atoms with van der Waals surface area (Å²) < 4.78 is 8.32. The van der Waals surface area contributed by atoms with Gasteiger partial charge in [0.1, 0.15) is 18.5 Å². The zero-order chi connectivity index (χ0) is 19.5. The van der Waals surface area contributed by atoms with E-state index >= 15 is 0 Å². The van der Waals surface area contributed by atoms with Crippen molar-refractivity contribution < 1.29 is 4.74 Å². The lowest BCUT2D eigenvalue weighted by atomic mass is 10.00. The molecule has 158 valence electrons. The van der Waals surface area contributed by atoms with Gasteiger partial charge in [0.15, 0.2) is 11.8 Å². The Morgan fingerprint density at radius 2 is 2.14 bits per heavy atom. The number of benzene rings is 1. The predicted octanol–water partition coefficient (Wildman–Crippen LogP) is 3.00. The van der Waals surface area contributed by atoms with Crippen LogP contribution in [0.15, 0.2) is 23.2 Å². The van der Waals surface area contributed by atoms with Crippen molar-refractivity contribution in [3.05, 3.63) is 46.5 Å². The molecule has 2 aliphatic rings. The summed E-state index contributed by atoms with van der Waals surface area (Å²) in [5.74, 6) is 2.98. The van der Waals surface area contributed by atoms with E-state index in [0.29, 0.717) is 13.2 Å². The number of fused-ring (bicyclic) bond motifs is 1. The van der Waals surface area contributed by atoms with Crippen LogP contribution in [0.1, 0.15) is 47.8 Å². The quantitative estimate of drug-likeness (QED) is 0.389. The molecule has 4 rings (SSSR count). The molecule has 1 fully saturated rings. The van der Waals surface area contributed by atoms with Crippen molar-refractivity contribution in [2.24, 2.45) is 4.99 Å². The summed E-state index contributed by atoms with van der Waals surface area (Å²) in [6.07, 6.45) is 2.25. The van der Waals surface area contributed by atoms with Gasteiger partial charge in [0, 0.05) is 26.1 Å². The Bertz CT molecular complexity index is 865. The third-order valence-corrected chi connectivity index (χ3v) is 5.53. The van der Waals surface area contributed by atoms with Crippen LogP contribution in [0.25, 0.3) is 0 Å². The molecule has 0 aliphatic carbocycles. The molecular formula is C21H31IN6O. The van der Waals surface area contributed by atoms with Crippen LogP contribution in [0, 0.1) is 13.8 Å². The van der Waals surface area contributed by atoms with Crippen molar-refractivity contribution in [1.82, 2.24) is 25.0 Å². The van der Waals surface area contributed by atoms with Crippen LogP contribution in [0.4, 0.5) is 0 Å². The molecule has 2 aliphatic heterocycles. The Hall–Kier alpha value is -1.68. The smallest absolute Gasteiger partial charge is 0.194 e. The van der Waals surface area contributed by atoms with Gasteiger partial charge in [-0.25, -0.2) is 4.99 Å². The second kappa shape index (κ2) is 9.88. The summed E-state index contributed by atoms with van der Waals surface area (Å²) in [6.45, 7) is 11.1. The largest absolute Gasteiger partial charge is 0.370 e. The number of aliphatic imine (C=N–C) groups is 1. The molecule has 0 bridgehead atoms. The minimum atomic E-state index is 0. The number of hydrogen-bond acceptors (Lipinski definition) is 4. The molecule has 8 heteroatoms. The Labute approximate surface area is 190 Å². The summed E-state index contributed by atoms with van der Waals surface area (Å²) >= 11 is 0. The monoisotopic (exact) mass is 510 g/mol. The molecule has 0 saturated carbocycles. The number of aromatic nitrogens is 3. The molecule has 0 amide bonds. The molecule has 1 aromatic carbocycles. The minimum absolute atomic E-state index is 0. The zero-order valence-electron chi connectivity index (χ0n) is 17.5. The van der Waals surface area contributed by atoms with Crippen molar-refractivity contribution in [2.45, 2.75) is 52.8 Å². The zero-order valence-corrected chi connectivity index (χ0v) is 19.8. The molecule has 1 unspecified atom stereocenters. The molecule has 29 heavy (non-hydrogen) atoms. The van der Waals surface area contributed by atoms with E-state index in [1.165, 1.54) is 16.7 Å². The second-order valence-electron chi connectivity index (χ2n) is 7.62. The Morgan fingerprint density at radius 1 is 1.28 bits per heavy atom. The van der Waals surface area contributed by atoms with E-state index < -0.39 is 0 Å². The molecule has 3 heterocycles. The van der Waals surface area contributed by atoms with Crippen LogP contribution in [0.3, 0.4) is 0 Å². The van der Waals surface area contributed by atoms with Crippen molar-refractivity contribution in [1.29, 1.82) is 0 Å². The van der Waals surface area contributed by atoms with E-state index in [1.807, 2.05) is 0 Å². The highest BCUT2D eigenvalue weighted by Gasteiger charge is 2.25. The molecule has 7 nitrogen and oxygen atoms in total. The van der Waals surface area contributed by atoms with Gasteiger partial charge in [0.25, 0.3) is 0 Å². The average Bonchev–Trinajstić information content (AvgIpc) is 3.29. The second-order valence-corrected chi connectivity index (χ2v) is 7.62. The number of aryl methyl sites for hydroxylation is 3. The highest BCUT2D eigenvalue weighted by Crippen LogP contribution is 2.26. The summed E-state index contributed by atoms with van der Waals surface area (Å²) in [6, 6.07) is 6.58. The number of rotatable bonds is 4. The van der Waals surface area contributed by atoms with Crippen LogP contribution in [-0.4, -0.2) is 51.9 Å². The van der Waals surface area contributed by atoms with Crippen molar-refractivity contribution in [3.63, 3.8) is 0 Å². The fourth-order valence-corrected chi connectivity index (χ4v) is 4.12.